The number of nitro groups is 1. The van der Waals surface area contributed by atoms with E-state index < -0.39 is 34.9 Å². The van der Waals surface area contributed by atoms with Gasteiger partial charge in [-0.1, -0.05) is 36.4 Å². The van der Waals surface area contributed by atoms with Crippen LogP contribution in [0.15, 0.2) is 48.5 Å². The summed E-state index contributed by atoms with van der Waals surface area (Å²) in [5.74, 6) is -1.09. The smallest absolute Gasteiger partial charge is 0.324 e. The summed E-state index contributed by atoms with van der Waals surface area (Å²) in [6.07, 6.45) is 0.986. The molecule has 9 nitrogen and oxygen atoms in total. The van der Waals surface area contributed by atoms with E-state index in [9.17, 15) is 24.5 Å². The van der Waals surface area contributed by atoms with E-state index in [4.69, 9.17) is 0 Å². The van der Waals surface area contributed by atoms with Gasteiger partial charge in [0.25, 0.3) is 11.6 Å². The van der Waals surface area contributed by atoms with Crippen LogP contribution in [0.1, 0.15) is 24.5 Å². The van der Waals surface area contributed by atoms with Gasteiger partial charge in [0.15, 0.2) is 0 Å². The highest BCUT2D eigenvalue weighted by Crippen LogP contribution is 2.24. The molecule has 2 N–H and O–H groups in total. The molecule has 0 unspecified atom stereocenters. The van der Waals surface area contributed by atoms with E-state index in [0.717, 1.165) is 10.5 Å². The van der Waals surface area contributed by atoms with E-state index in [0.29, 0.717) is 18.4 Å². The minimum atomic E-state index is -1.10. The van der Waals surface area contributed by atoms with Crippen molar-refractivity contribution in [2.24, 2.45) is 0 Å². The van der Waals surface area contributed by atoms with Gasteiger partial charge in [0, 0.05) is 12.1 Å². The maximum atomic E-state index is 12.8. The van der Waals surface area contributed by atoms with Crippen LogP contribution in [0.4, 0.5) is 16.2 Å². The van der Waals surface area contributed by atoms with Crippen LogP contribution < -0.4 is 10.6 Å². The number of imide groups is 1. The molecule has 1 saturated heterocycles. The Bertz CT molecular complexity index is 1010. The van der Waals surface area contributed by atoms with E-state index in [-0.39, 0.29) is 11.4 Å². The quantitative estimate of drug-likeness (QED) is 0.413. The number of nitro benzene ring substituents is 1. The van der Waals surface area contributed by atoms with Gasteiger partial charge < -0.3 is 10.6 Å². The summed E-state index contributed by atoms with van der Waals surface area (Å²) in [5, 5.41) is 16.2. The molecule has 30 heavy (non-hydrogen) atoms. The summed E-state index contributed by atoms with van der Waals surface area (Å²) in [4.78, 5) is 48.8. The Morgan fingerprint density at radius 2 is 1.90 bits per heavy atom. The number of carbonyl (C=O) groups is 3. The lowest BCUT2D eigenvalue weighted by molar-refractivity contribution is -0.384. The number of hydrogen-bond donors (Lipinski definition) is 2. The molecule has 2 aromatic carbocycles. The van der Waals surface area contributed by atoms with Gasteiger partial charge in [0.05, 0.1) is 10.6 Å². The fourth-order valence-corrected chi connectivity index (χ4v) is 3.29. The number of urea groups is 1. The van der Waals surface area contributed by atoms with E-state index in [2.05, 4.69) is 10.6 Å². The molecule has 4 amide bonds. The second-order valence-electron chi connectivity index (χ2n) is 7.44. The maximum Gasteiger partial charge on any atom is 0.325 e. The van der Waals surface area contributed by atoms with Gasteiger partial charge >= 0.3 is 6.03 Å². The third kappa shape index (κ3) is 4.45. The second-order valence-corrected chi connectivity index (χ2v) is 7.44. The lowest BCUT2D eigenvalue weighted by Gasteiger charge is -2.21. The fourth-order valence-electron chi connectivity index (χ4n) is 3.29. The van der Waals surface area contributed by atoms with Crippen LogP contribution in [-0.4, -0.2) is 39.8 Å². The van der Waals surface area contributed by atoms with Crippen molar-refractivity contribution < 1.29 is 19.3 Å². The molecule has 1 aliphatic rings. The van der Waals surface area contributed by atoms with Gasteiger partial charge in [-0.15, -0.1) is 0 Å². The molecule has 0 aliphatic carbocycles. The van der Waals surface area contributed by atoms with E-state index in [1.807, 2.05) is 30.3 Å². The van der Waals surface area contributed by atoms with Crippen LogP contribution in [0.25, 0.3) is 0 Å². The van der Waals surface area contributed by atoms with Gasteiger partial charge in [-0.05, 0) is 37.8 Å². The number of hydrogen-bond acceptors (Lipinski definition) is 5. The maximum absolute atomic E-state index is 12.8. The Labute approximate surface area is 173 Å². The molecule has 0 aromatic heterocycles. The zero-order valence-electron chi connectivity index (χ0n) is 16.7. The first-order valence-corrected chi connectivity index (χ1v) is 9.42. The van der Waals surface area contributed by atoms with E-state index in [1.165, 1.54) is 18.2 Å². The summed E-state index contributed by atoms with van der Waals surface area (Å²) >= 11 is 0. The molecule has 9 heteroatoms. The molecule has 1 atom stereocenters. The Morgan fingerprint density at radius 1 is 1.20 bits per heavy atom. The van der Waals surface area contributed by atoms with Gasteiger partial charge in [-0.2, -0.15) is 0 Å². The lowest BCUT2D eigenvalue weighted by Crippen LogP contribution is -2.45. The van der Waals surface area contributed by atoms with Gasteiger partial charge in [0.1, 0.15) is 12.1 Å². The first-order chi connectivity index (χ1) is 14.2. The summed E-state index contributed by atoms with van der Waals surface area (Å²) in [6.45, 7) is 2.85. The number of benzene rings is 2. The minimum Gasteiger partial charge on any atom is -0.324 e. The van der Waals surface area contributed by atoms with Crippen molar-refractivity contribution in [2.75, 3.05) is 11.9 Å². The largest absolute Gasteiger partial charge is 0.325 e. The Morgan fingerprint density at radius 3 is 2.57 bits per heavy atom. The standard InChI is InChI=1S/C21H22N4O5/c1-14-8-9-16(25(29)30)12-17(14)22-18(26)13-24-19(27)21(2,23-20(24)28)11-10-15-6-4-3-5-7-15/h3-9,12H,10-11,13H2,1-2H3,(H,22,26)(H,23,28)/t21-/m1/s1. The predicted molar refractivity (Wildman–Crippen MR) is 110 cm³/mol. The number of nitrogens with one attached hydrogen (secondary N) is 2. The van der Waals surface area contributed by atoms with E-state index >= 15 is 0 Å². The van der Waals surface area contributed by atoms with Crippen LogP contribution in [0.3, 0.4) is 0 Å². The number of aryl methyl sites for hydroxylation is 2. The van der Waals surface area contributed by atoms with Crippen molar-refractivity contribution in [1.29, 1.82) is 0 Å². The third-order valence-electron chi connectivity index (χ3n) is 5.11. The molecule has 3 rings (SSSR count). The average molecular weight is 410 g/mol. The molecule has 156 valence electrons. The molecule has 0 spiro atoms. The Hall–Kier alpha value is -3.75. The monoisotopic (exact) mass is 410 g/mol. The van der Waals surface area contributed by atoms with Crippen LogP contribution in [0, 0.1) is 17.0 Å². The molecule has 2 aromatic rings. The van der Waals surface area contributed by atoms with Crippen LogP contribution in [0.5, 0.6) is 0 Å². The number of nitrogens with zero attached hydrogens (tertiary/aromatic N) is 2. The molecular formula is C21H22N4O5. The van der Waals surface area contributed by atoms with Crippen molar-refractivity contribution in [1.82, 2.24) is 10.2 Å². The first-order valence-electron chi connectivity index (χ1n) is 9.42. The summed E-state index contributed by atoms with van der Waals surface area (Å²) in [6, 6.07) is 13.0. The van der Waals surface area contributed by atoms with Crippen molar-refractivity contribution in [3.63, 3.8) is 0 Å². The molecule has 1 aliphatic heterocycles. The molecule has 1 heterocycles. The molecule has 0 radical (unpaired) electrons. The second kappa shape index (κ2) is 8.32. The molecule has 0 bridgehead atoms. The highest BCUT2D eigenvalue weighted by molar-refractivity contribution is 6.10. The minimum absolute atomic E-state index is 0.167. The van der Waals surface area contributed by atoms with Crippen molar-refractivity contribution >= 4 is 29.2 Å². The Kier molecular flexibility index (Phi) is 5.81. The Balaban J connectivity index is 1.66. The highest BCUT2D eigenvalue weighted by atomic mass is 16.6. The van der Waals surface area contributed by atoms with Crippen molar-refractivity contribution in [3.05, 3.63) is 69.8 Å². The molecular weight excluding hydrogens is 388 g/mol. The highest BCUT2D eigenvalue weighted by Gasteiger charge is 2.47. The normalized spacial score (nSPS) is 18.3. The number of amides is 4. The van der Waals surface area contributed by atoms with Crippen LogP contribution in [0.2, 0.25) is 0 Å². The molecule has 0 saturated carbocycles. The van der Waals surface area contributed by atoms with Crippen molar-refractivity contribution in [2.45, 2.75) is 32.2 Å². The van der Waals surface area contributed by atoms with Gasteiger partial charge in [-0.3, -0.25) is 24.6 Å². The van der Waals surface area contributed by atoms with Crippen molar-refractivity contribution in [3.8, 4) is 0 Å². The number of carbonyl (C=O) groups excluding carboxylic acids is 3. The number of non-ortho nitro benzene ring substituents is 1. The SMILES string of the molecule is Cc1ccc([N+](=O)[O-])cc1NC(=O)CN1C(=O)N[C@](C)(CCc2ccccc2)C1=O. The summed E-state index contributed by atoms with van der Waals surface area (Å²) in [5.41, 5.74) is 0.652. The average Bonchev–Trinajstić information content (AvgIpc) is 2.92. The zero-order chi connectivity index (χ0) is 21.9. The third-order valence-corrected chi connectivity index (χ3v) is 5.11. The van der Waals surface area contributed by atoms with E-state index in [1.54, 1.807) is 13.8 Å². The van der Waals surface area contributed by atoms with Gasteiger partial charge in [0.2, 0.25) is 5.91 Å². The summed E-state index contributed by atoms with van der Waals surface area (Å²) < 4.78 is 0. The van der Waals surface area contributed by atoms with Crippen LogP contribution in [-0.2, 0) is 16.0 Å². The first kappa shape index (κ1) is 21.0. The topological polar surface area (TPSA) is 122 Å². The number of anilines is 1. The zero-order valence-corrected chi connectivity index (χ0v) is 16.7. The summed E-state index contributed by atoms with van der Waals surface area (Å²) in [7, 11) is 0. The predicted octanol–water partition coefficient (Wildman–Crippen LogP) is 2.79. The fraction of sp³-hybridized carbons (Fsp3) is 0.286. The van der Waals surface area contributed by atoms with Gasteiger partial charge in [-0.25, -0.2) is 4.79 Å². The number of rotatable bonds is 7. The molecule has 1 fully saturated rings. The lowest BCUT2D eigenvalue weighted by atomic mass is 9.93. The van der Waals surface area contributed by atoms with Crippen LogP contribution >= 0.6 is 0 Å².